The van der Waals surface area contributed by atoms with Crippen molar-refractivity contribution < 1.29 is 4.79 Å². The van der Waals surface area contributed by atoms with Crippen molar-refractivity contribution >= 4 is 17.8 Å². The Kier molecular flexibility index (Phi) is 7.51. The van der Waals surface area contributed by atoms with Crippen LogP contribution >= 0.6 is 11.8 Å². The van der Waals surface area contributed by atoms with Crippen LogP contribution in [-0.2, 0) is 0 Å². The van der Waals surface area contributed by atoms with Crippen LogP contribution in [0.1, 0.15) is 33.1 Å². The highest BCUT2D eigenvalue weighted by Gasteiger charge is 2.18. The lowest BCUT2D eigenvalue weighted by Crippen LogP contribution is -2.49. The van der Waals surface area contributed by atoms with Crippen LogP contribution in [0.15, 0.2) is 0 Å². The first kappa shape index (κ1) is 15.6. The summed E-state index contributed by atoms with van der Waals surface area (Å²) < 4.78 is 0. The van der Waals surface area contributed by atoms with Gasteiger partial charge in [0.15, 0.2) is 0 Å². The van der Waals surface area contributed by atoms with Gasteiger partial charge in [0.1, 0.15) is 0 Å². The van der Waals surface area contributed by atoms with Crippen molar-refractivity contribution in [2.75, 3.05) is 31.6 Å². The molecule has 0 aromatic carbocycles. The lowest BCUT2D eigenvalue weighted by Gasteiger charge is -2.29. The van der Waals surface area contributed by atoms with Gasteiger partial charge >= 0.3 is 6.03 Å². The second-order valence-corrected chi connectivity index (χ2v) is 6.48. The fraction of sp³-hybridized carbons (Fsp3) is 0.923. The van der Waals surface area contributed by atoms with Crippen LogP contribution in [0.5, 0.6) is 0 Å². The van der Waals surface area contributed by atoms with Gasteiger partial charge in [-0.1, -0.05) is 6.92 Å². The maximum Gasteiger partial charge on any atom is 0.315 e. The molecule has 1 atom stereocenters. The Hall–Kier alpha value is -0.420. The van der Waals surface area contributed by atoms with E-state index in [1.165, 1.54) is 0 Å². The van der Waals surface area contributed by atoms with Crippen LogP contribution in [0.2, 0.25) is 0 Å². The highest BCUT2D eigenvalue weighted by atomic mass is 32.2. The zero-order valence-electron chi connectivity index (χ0n) is 11.9. The summed E-state index contributed by atoms with van der Waals surface area (Å²) in [5.74, 6) is 2.26. The van der Waals surface area contributed by atoms with E-state index < -0.39 is 0 Å². The SMILES string of the molecule is CCSCC[C@@H](C)NC(=O)NC1CCN(C)CC1. The molecule has 1 rings (SSSR count). The fourth-order valence-electron chi connectivity index (χ4n) is 2.08. The van der Waals surface area contributed by atoms with Crippen molar-refractivity contribution in [3.8, 4) is 0 Å². The Morgan fingerprint density at radius 1 is 1.44 bits per heavy atom. The molecule has 0 bridgehead atoms. The van der Waals surface area contributed by atoms with Crippen molar-refractivity contribution in [2.24, 2.45) is 0 Å². The number of nitrogens with zero attached hydrogens (tertiary/aromatic N) is 1. The Labute approximate surface area is 115 Å². The molecule has 0 unspecified atom stereocenters. The molecule has 5 heteroatoms. The van der Waals surface area contributed by atoms with E-state index >= 15 is 0 Å². The standard InChI is InChI=1S/C13H27N3OS/c1-4-18-10-7-11(2)14-13(17)15-12-5-8-16(3)9-6-12/h11-12H,4-10H2,1-3H3,(H2,14,15,17)/t11-/m1/s1. The number of thioether (sulfide) groups is 1. The predicted molar refractivity (Wildman–Crippen MR) is 79.3 cm³/mol. The number of nitrogens with one attached hydrogen (secondary N) is 2. The van der Waals surface area contributed by atoms with Gasteiger partial charge in [-0.05, 0) is 57.8 Å². The van der Waals surface area contributed by atoms with Crippen molar-refractivity contribution in [3.05, 3.63) is 0 Å². The van der Waals surface area contributed by atoms with E-state index in [9.17, 15) is 4.79 Å². The van der Waals surface area contributed by atoms with Crippen molar-refractivity contribution in [3.63, 3.8) is 0 Å². The highest BCUT2D eigenvalue weighted by molar-refractivity contribution is 7.99. The summed E-state index contributed by atoms with van der Waals surface area (Å²) in [5.41, 5.74) is 0. The number of hydrogen-bond donors (Lipinski definition) is 2. The van der Waals surface area contributed by atoms with E-state index in [-0.39, 0.29) is 12.1 Å². The van der Waals surface area contributed by atoms with Gasteiger partial charge < -0.3 is 15.5 Å². The van der Waals surface area contributed by atoms with E-state index in [0.717, 1.165) is 43.9 Å². The van der Waals surface area contributed by atoms with E-state index in [1.807, 2.05) is 11.8 Å². The Balaban J connectivity index is 2.12. The molecular weight excluding hydrogens is 246 g/mol. The average Bonchev–Trinajstić information content (AvgIpc) is 2.32. The van der Waals surface area contributed by atoms with Gasteiger partial charge in [0.25, 0.3) is 0 Å². The first-order valence-electron chi connectivity index (χ1n) is 6.95. The molecule has 4 nitrogen and oxygen atoms in total. The molecule has 1 aliphatic rings. The first-order chi connectivity index (χ1) is 8.61. The topological polar surface area (TPSA) is 44.4 Å². The third-order valence-electron chi connectivity index (χ3n) is 3.33. The van der Waals surface area contributed by atoms with Gasteiger partial charge in [-0.2, -0.15) is 11.8 Å². The second kappa shape index (κ2) is 8.64. The van der Waals surface area contributed by atoms with Gasteiger partial charge in [-0.25, -0.2) is 4.79 Å². The van der Waals surface area contributed by atoms with Crippen molar-refractivity contribution in [1.29, 1.82) is 0 Å². The number of carbonyl (C=O) groups excluding carboxylic acids is 1. The molecule has 1 fully saturated rings. The van der Waals surface area contributed by atoms with Gasteiger partial charge in [0.2, 0.25) is 0 Å². The molecule has 2 amide bonds. The number of rotatable bonds is 6. The molecule has 0 aromatic rings. The number of amides is 2. The largest absolute Gasteiger partial charge is 0.336 e. The minimum Gasteiger partial charge on any atom is -0.336 e. The first-order valence-corrected chi connectivity index (χ1v) is 8.10. The molecule has 0 aliphatic carbocycles. The summed E-state index contributed by atoms with van der Waals surface area (Å²) >= 11 is 1.92. The number of hydrogen-bond acceptors (Lipinski definition) is 3. The number of piperidine rings is 1. The lowest BCUT2D eigenvalue weighted by molar-refractivity contribution is 0.211. The Morgan fingerprint density at radius 3 is 2.72 bits per heavy atom. The molecule has 0 saturated carbocycles. The van der Waals surface area contributed by atoms with Crippen LogP contribution in [-0.4, -0.2) is 54.7 Å². The maximum absolute atomic E-state index is 11.8. The molecular formula is C13H27N3OS. The van der Waals surface area contributed by atoms with E-state index in [4.69, 9.17) is 0 Å². The monoisotopic (exact) mass is 273 g/mol. The van der Waals surface area contributed by atoms with Crippen molar-refractivity contribution in [2.45, 2.75) is 45.2 Å². The molecule has 1 aliphatic heterocycles. The molecule has 0 aromatic heterocycles. The summed E-state index contributed by atoms with van der Waals surface area (Å²) in [6, 6.07) is 0.604. The van der Waals surface area contributed by atoms with Crippen LogP contribution < -0.4 is 10.6 Å². The van der Waals surface area contributed by atoms with Gasteiger partial charge in [-0.15, -0.1) is 0 Å². The summed E-state index contributed by atoms with van der Waals surface area (Å²) in [5, 5.41) is 6.10. The van der Waals surface area contributed by atoms with Gasteiger partial charge in [0, 0.05) is 12.1 Å². The summed E-state index contributed by atoms with van der Waals surface area (Å²) in [4.78, 5) is 14.1. The smallest absolute Gasteiger partial charge is 0.315 e. The predicted octanol–water partition coefficient (Wildman–Crippen LogP) is 1.91. The van der Waals surface area contributed by atoms with E-state index in [0.29, 0.717) is 6.04 Å². The van der Waals surface area contributed by atoms with Gasteiger partial charge in [0.05, 0.1) is 0 Å². The number of urea groups is 1. The molecule has 1 heterocycles. The minimum atomic E-state index is -0.00134. The zero-order chi connectivity index (χ0) is 13.4. The molecule has 1 saturated heterocycles. The molecule has 18 heavy (non-hydrogen) atoms. The normalized spacial score (nSPS) is 19.5. The van der Waals surface area contributed by atoms with Gasteiger partial charge in [-0.3, -0.25) is 0 Å². The highest BCUT2D eigenvalue weighted by Crippen LogP contribution is 2.08. The summed E-state index contributed by atoms with van der Waals surface area (Å²) in [6.07, 6.45) is 3.16. The third kappa shape index (κ3) is 6.50. The molecule has 0 spiro atoms. The van der Waals surface area contributed by atoms with Crippen LogP contribution in [0.4, 0.5) is 4.79 Å². The molecule has 106 valence electrons. The van der Waals surface area contributed by atoms with Crippen LogP contribution in [0, 0.1) is 0 Å². The molecule has 0 radical (unpaired) electrons. The number of likely N-dealkylation sites (tertiary alicyclic amines) is 1. The summed E-state index contributed by atoms with van der Waals surface area (Å²) in [7, 11) is 2.13. The quantitative estimate of drug-likeness (QED) is 0.727. The summed E-state index contributed by atoms with van der Waals surface area (Å²) in [6.45, 7) is 6.39. The Bertz CT molecular complexity index is 242. The zero-order valence-corrected chi connectivity index (χ0v) is 12.7. The van der Waals surface area contributed by atoms with Crippen LogP contribution in [0.25, 0.3) is 0 Å². The Morgan fingerprint density at radius 2 is 2.11 bits per heavy atom. The van der Waals surface area contributed by atoms with E-state index in [1.54, 1.807) is 0 Å². The minimum absolute atomic E-state index is 0.00134. The lowest BCUT2D eigenvalue weighted by atomic mass is 10.1. The van der Waals surface area contributed by atoms with Crippen molar-refractivity contribution in [1.82, 2.24) is 15.5 Å². The molecule has 2 N–H and O–H groups in total. The average molecular weight is 273 g/mol. The van der Waals surface area contributed by atoms with Crippen LogP contribution in [0.3, 0.4) is 0 Å². The maximum atomic E-state index is 11.8. The van der Waals surface area contributed by atoms with E-state index in [2.05, 4.69) is 36.4 Å². The second-order valence-electron chi connectivity index (χ2n) is 5.08. The fourth-order valence-corrected chi connectivity index (χ4v) is 2.89. The number of carbonyl (C=O) groups is 1. The third-order valence-corrected chi connectivity index (χ3v) is 4.26.